The summed E-state index contributed by atoms with van der Waals surface area (Å²) < 4.78 is 11.7. The van der Waals surface area contributed by atoms with Crippen molar-refractivity contribution in [1.29, 1.82) is 0 Å². The largest absolute Gasteiger partial charge is 0.504 e. The number of phenolic OH excluding ortho intramolecular Hbond substituents is 1. The first-order valence-corrected chi connectivity index (χ1v) is 3.78. The molecule has 1 rings (SSSR count). The minimum atomic E-state index is 0.144. The van der Waals surface area contributed by atoms with Gasteiger partial charge in [0.1, 0.15) is 1.41 Å². The maximum absolute atomic E-state index is 9.28. The number of phenols is 1. The third kappa shape index (κ3) is 1.89. The average Bonchev–Trinajstić information content (AvgIpc) is 2.16. The second kappa shape index (κ2) is 3.97. The molecule has 0 aliphatic heterocycles. The molecule has 0 aromatic heterocycles. The Morgan fingerprint density at radius 2 is 2.50 bits per heavy atom. The Labute approximate surface area is 73.2 Å². The molecule has 12 heavy (non-hydrogen) atoms. The molecule has 0 saturated carbocycles. The van der Waals surface area contributed by atoms with Gasteiger partial charge >= 0.3 is 0 Å². The van der Waals surface area contributed by atoms with E-state index < -0.39 is 0 Å². The van der Waals surface area contributed by atoms with E-state index >= 15 is 0 Å². The highest BCUT2D eigenvalue weighted by Crippen LogP contribution is 2.26. The zero-order chi connectivity index (χ0) is 9.68. The third-order valence-corrected chi connectivity index (χ3v) is 1.66. The van der Waals surface area contributed by atoms with Gasteiger partial charge in [0.15, 0.2) is 11.5 Å². The molecule has 0 unspecified atom stereocenters. The van der Waals surface area contributed by atoms with Crippen molar-refractivity contribution in [2.45, 2.75) is 6.42 Å². The number of rotatable bonds is 4. The molecule has 1 aromatic carbocycles. The van der Waals surface area contributed by atoms with Crippen molar-refractivity contribution in [3.63, 3.8) is 0 Å². The number of benzene rings is 1. The Kier molecular flexibility index (Phi) is 2.46. The van der Waals surface area contributed by atoms with Crippen molar-refractivity contribution in [2.75, 3.05) is 13.7 Å². The lowest BCUT2D eigenvalue weighted by molar-refractivity contribution is 0.373. The maximum Gasteiger partial charge on any atom is 0.160 e. The minimum absolute atomic E-state index is 0.144. The molecule has 0 bridgehead atoms. The van der Waals surface area contributed by atoms with Crippen LogP contribution in [-0.4, -0.2) is 18.8 Å². The number of nitrogens with two attached hydrogens (primary N) is 1. The summed E-state index contributed by atoms with van der Waals surface area (Å²) in [4.78, 5) is 0. The molecule has 0 amide bonds. The SMILES string of the molecule is [2H]NCCc1ccc(O)c(OC)c1. The van der Waals surface area contributed by atoms with Gasteiger partial charge in [0, 0.05) is 0 Å². The van der Waals surface area contributed by atoms with Gasteiger partial charge in [0.25, 0.3) is 0 Å². The smallest absolute Gasteiger partial charge is 0.160 e. The van der Waals surface area contributed by atoms with Crippen molar-refractivity contribution >= 4 is 0 Å². The van der Waals surface area contributed by atoms with Gasteiger partial charge in [-0.05, 0) is 30.7 Å². The Bertz CT molecular complexity index is 278. The van der Waals surface area contributed by atoms with E-state index in [0.717, 1.165) is 12.0 Å². The normalized spacial score (nSPS) is 10.9. The summed E-state index contributed by atoms with van der Waals surface area (Å²) in [5, 5.41) is 9.28. The second-order valence-electron chi connectivity index (χ2n) is 2.51. The molecule has 0 saturated heterocycles. The van der Waals surface area contributed by atoms with Crippen LogP contribution in [0.2, 0.25) is 1.41 Å². The van der Waals surface area contributed by atoms with Gasteiger partial charge in [-0.15, -0.1) is 0 Å². The molecule has 0 atom stereocenters. The van der Waals surface area contributed by atoms with Crippen molar-refractivity contribution in [1.82, 2.24) is 0 Å². The summed E-state index contributed by atoms with van der Waals surface area (Å²) >= 11 is 0. The van der Waals surface area contributed by atoms with E-state index in [0.29, 0.717) is 12.3 Å². The van der Waals surface area contributed by atoms with Crippen LogP contribution >= 0.6 is 0 Å². The number of hydrogen-bond acceptors (Lipinski definition) is 3. The number of ether oxygens (including phenoxy) is 1. The lowest BCUT2D eigenvalue weighted by Crippen LogP contribution is -2.02. The van der Waals surface area contributed by atoms with Crippen molar-refractivity contribution in [3.05, 3.63) is 23.8 Å². The van der Waals surface area contributed by atoms with Crippen molar-refractivity contribution < 1.29 is 11.3 Å². The quantitative estimate of drug-likeness (QED) is 0.702. The van der Waals surface area contributed by atoms with Gasteiger partial charge in [-0.25, -0.2) is 0 Å². The predicted octanol–water partition coefficient (Wildman–Crippen LogP) is 0.902. The van der Waals surface area contributed by atoms with E-state index in [-0.39, 0.29) is 5.75 Å². The van der Waals surface area contributed by atoms with Gasteiger partial charge < -0.3 is 15.6 Å². The molecule has 3 heteroatoms. The maximum atomic E-state index is 9.28. The van der Waals surface area contributed by atoms with E-state index in [2.05, 4.69) is 5.73 Å². The fraction of sp³-hybridized carbons (Fsp3) is 0.333. The van der Waals surface area contributed by atoms with Crippen LogP contribution in [0.4, 0.5) is 0 Å². The number of hydrogen-bond donors (Lipinski definition) is 2. The van der Waals surface area contributed by atoms with Gasteiger partial charge in [0.2, 0.25) is 0 Å². The minimum Gasteiger partial charge on any atom is -0.504 e. The fourth-order valence-corrected chi connectivity index (χ4v) is 1.02. The lowest BCUT2D eigenvalue weighted by Gasteiger charge is -2.05. The van der Waals surface area contributed by atoms with E-state index in [1.807, 2.05) is 6.07 Å². The Balaban J connectivity index is 2.74. The summed E-state index contributed by atoms with van der Waals surface area (Å²) in [6.07, 6.45) is 0.750. The van der Waals surface area contributed by atoms with Crippen LogP contribution in [0.1, 0.15) is 5.56 Å². The Hall–Kier alpha value is -1.22. The summed E-state index contributed by atoms with van der Waals surface area (Å²) in [6, 6.07) is 5.18. The summed E-state index contributed by atoms with van der Waals surface area (Å²) in [6.45, 7) is 0.591. The van der Waals surface area contributed by atoms with Crippen molar-refractivity contribution in [2.24, 2.45) is 5.73 Å². The van der Waals surface area contributed by atoms with Crippen LogP contribution in [0.15, 0.2) is 18.2 Å². The zero-order valence-electron chi connectivity index (χ0n) is 8.00. The average molecular weight is 168 g/mol. The molecule has 0 aliphatic carbocycles. The second-order valence-corrected chi connectivity index (χ2v) is 2.51. The summed E-state index contributed by atoms with van der Waals surface area (Å²) in [5.41, 5.74) is 3.35. The first kappa shape index (κ1) is 7.43. The third-order valence-electron chi connectivity index (χ3n) is 1.66. The number of aromatic hydroxyl groups is 1. The molecule has 1 aromatic rings. The van der Waals surface area contributed by atoms with Crippen LogP contribution < -0.4 is 10.5 Å². The molecule has 3 nitrogen and oxygen atoms in total. The highest BCUT2D eigenvalue weighted by Gasteiger charge is 2.00. The standard InChI is InChI=1S/C9H13NO2/c1-12-9-6-7(4-5-10)2-3-8(9)11/h2-3,6,11H,4-5,10H2,1H3/i/hD. The molecule has 0 spiro atoms. The van der Waals surface area contributed by atoms with Crippen molar-refractivity contribution in [3.8, 4) is 11.5 Å². The lowest BCUT2D eigenvalue weighted by atomic mass is 10.1. The molecule has 66 valence electrons. The predicted molar refractivity (Wildman–Crippen MR) is 47.4 cm³/mol. The highest BCUT2D eigenvalue weighted by molar-refractivity contribution is 5.41. The van der Waals surface area contributed by atoms with Crippen LogP contribution in [0.3, 0.4) is 0 Å². The van der Waals surface area contributed by atoms with E-state index in [1.165, 1.54) is 7.11 Å². The molecule has 3 N–H and O–H groups in total. The van der Waals surface area contributed by atoms with Crippen LogP contribution in [-0.2, 0) is 6.42 Å². The zero-order valence-corrected chi connectivity index (χ0v) is 7.00. The van der Waals surface area contributed by atoms with Crippen LogP contribution in [0.25, 0.3) is 0 Å². The molecule has 0 aliphatic rings. The first-order valence-electron chi connectivity index (χ1n) is 4.28. The summed E-state index contributed by atoms with van der Waals surface area (Å²) in [5.74, 6) is 0.618. The van der Waals surface area contributed by atoms with Gasteiger partial charge in [-0.2, -0.15) is 0 Å². The molecule has 0 fully saturated rings. The molecule has 0 radical (unpaired) electrons. The van der Waals surface area contributed by atoms with Crippen LogP contribution in [0, 0.1) is 0 Å². The molecular formula is C9H13NO2. The Morgan fingerprint density at radius 3 is 3.17 bits per heavy atom. The van der Waals surface area contributed by atoms with Gasteiger partial charge in [0.05, 0.1) is 7.11 Å². The monoisotopic (exact) mass is 168 g/mol. The summed E-state index contributed by atoms with van der Waals surface area (Å²) in [7, 11) is 1.52. The fourth-order valence-electron chi connectivity index (χ4n) is 1.02. The Morgan fingerprint density at radius 1 is 1.67 bits per heavy atom. The van der Waals surface area contributed by atoms with Gasteiger partial charge in [-0.1, -0.05) is 6.07 Å². The van der Waals surface area contributed by atoms with E-state index in [1.54, 1.807) is 12.1 Å². The highest BCUT2D eigenvalue weighted by atomic mass is 16.5. The van der Waals surface area contributed by atoms with Crippen LogP contribution in [0.5, 0.6) is 11.5 Å². The topological polar surface area (TPSA) is 55.5 Å². The molecule has 0 heterocycles. The van der Waals surface area contributed by atoms with E-state index in [9.17, 15) is 5.11 Å². The molecular weight excluding hydrogens is 154 g/mol. The first-order chi connectivity index (χ1) is 6.27. The van der Waals surface area contributed by atoms with E-state index in [4.69, 9.17) is 6.15 Å². The number of methoxy groups -OCH3 is 1. The van der Waals surface area contributed by atoms with Gasteiger partial charge in [-0.3, -0.25) is 0 Å².